The highest BCUT2D eigenvalue weighted by Crippen LogP contribution is 2.31. The second kappa shape index (κ2) is 9.22. The first-order valence-electron chi connectivity index (χ1n) is 9.67. The Hall–Kier alpha value is -3.33. The summed E-state index contributed by atoms with van der Waals surface area (Å²) >= 11 is 6.30. The fraction of sp³-hybridized carbons (Fsp3) is 0.333. The van der Waals surface area contributed by atoms with Gasteiger partial charge in [0.25, 0.3) is 5.91 Å². The van der Waals surface area contributed by atoms with Crippen LogP contribution in [0.1, 0.15) is 35.9 Å². The van der Waals surface area contributed by atoms with E-state index >= 15 is 0 Å². The topological polar surface area (TPSA) is 108 Å². The summed E-state index contributed by atoms with van der Waals surface area (Å²) in [6.07, 6.45) is 2.54. The number of carbonyl (C=O) groups is 3. The quantitative estimate of drug-likeness (QED) is 0.572. The Morgan fingerprint density at radius 2 is 1.90 bits per heavy atom. The van der Waals surface area contributed by atoms with Crippen molar-refractivity contribution in [2.24, 2.45) is 0 Å². The number of halogens is 1. The minimum absolute atomic E-state index is 0.110. The zero-order chi connectivity index (χ0) is 22.7. The summed E-state index contributed by atoms with van der Waals surface area (Å²) in [7, 11) is 1.51. The van der Waals surface area contributed by atoms with Gasteiger partial charge in [-0.25, -0.2) is 15.0 Å². The summed E-state index contributed by atoms with van der Waals surface area (Å²) in [5, 5.41) is 2.72. The molecular weight excluding hydrogens is 420 g/mol. The molecule has 0 spiro atoms. The lowest BCUT2D eigenvalue weighted by Crippen LogP contribution is -2.56. The largest absolute Gasteiger partial charge is 0.354 e. The number of piperazine rings is 1. The van der Waals surface area contributed by atoms with E-state index in [2.05, 4.69) is 26.8 Å². The molecule has 31 heavy (non-hydrogen) atoms. The van der Waals surface area contributed by atoms with Gasteiger partial charge in [0.05, 0.1) is 17.4 Å². The van der Waals surface area contributed by atoms with Gasteiger partial charge in [-0.2, -0.15) is 0 Å². The van der Waals surface area contributed by atoms with Crippen molar-refractivity contribution >= 4 is 29.3 Å². The molecule has 3 rings (SSSR count). The maximum Gasteiger partial charge on any atom is 0.269 e. The predicted octanol–water partition coefficient (Wildman–Crippen LogP) is 1.86. The number of rotatable bonds is 4. The van der Waals surface area contributed by atoms with E-state index in [4.69, 9.17) is 11.6 Å². The zero-order valence-electron chi connectivity index (χ0n) is 17.5. The summed E-state index contributed by atoms with van der Waals surface area (Å²) in [5.41, 5.74) is 1.74. The van der Waals surface area contributed by atoms with Crippen molar-refractivity contribution in [3.05, 3.63) is 53.6 Å². The number of pyridine rings is 1. The third-order valence-corrected chi connectivity index (χ3v) is 5.39. The van der Waals surface area contributed by atoms with Crippen LogP contribution in [0.15, 0.2) is 37.2 Å². The highest BCUT2D eigenvalue weighted by atomic mass is 35.5. The smallest absolute Gasteiger partial charge is 0.269 e. The molecule has 0 saturated carbocycles. The maximum absolute atomic E-state index is 12.4. The minimum atomic E-state index is -0.419. The Bertz CT molecular complexity index is 1040. The molecule has 3 amide bonds. The number of aromatic nitrogens is 3. The van der Waals surface area contributed by atoms with Crippen LogP contribution >= 0.6 is 11.6 Å². The second-order valence-corrected chi connectivity index (χ2v) is 7.59. The van der Waals surface area contributed by atoms with E-state index in [1.54, 1.807) is 21.9 Å². The molecule has 0 aliphatic carbocycles. The molecule has 10 heteroatoms. The Morgan fingerprint density at radius 1 is 1.16 bits per heavy atom. The highest BCUT2D eigenvalue weighted by molar-refractivity contribution is 6.29. The number of hydrogen-bond acceptors (Lipinski definition) is 6. The SMILES string of the molecule is C=CC(=O)N1C[C@@H](c2cc(Cl)nc(-c3cc(C(=O)NC)ncn3)c2)N(C(C)=O)C[C@@H]1C. The molecular formula is C21H23ClN6O3. The number of carbonyl (C=O) groups excluding carboxylic acids is 3. The molecule has 3 heterocycles. The van der Waals surface area contributed by atoms with E-state index < -0.39 is 6.04 Å². The van der Waals surface area contributed by atoms with Crippen molar-refractivity contribution in [2.45, 2.75) is 25.9 Å². The molecule has 162 valence electrons. The average Bonchev–Trinajstić information content (AvgIpc) is 2.77. The van der Waals surface area contributed by atoms with Gasteiger partial charge in [0.15, 0.2) is 0 Å². The normalized spacial score (nSPS) is 18.5. The Labute approximate surface area is 185 Å². The average molecular weight is 443 g/mol. The van der Waals surface area contributed by atoms with Crippen LogP contribution in [0.5, 0.6) is 0 Å². The van der Waals surface area contributed by atoms with Crippen molar-refractivity contribution in [3.8, 4) is 11.4 Å². The molecule has 2 aromatic rings. The Morgan fingerprint density at radius 3 is 2.55 bits per heavy atom. The van der Waals surface area contributed by atoms with E-state index in [0.717, 1.165) is 0 Å². The van der Waals surface area contributed by atoms with Crippen molar-refractivity contribution < 1.29 is 14.4 Å². The number of nitrogens with zero attached hydrogens (tertiary/aromatic N) is 5. The molecule has 0 aromatic carbocycles. The third-order valence-electron chi connectivity index (χ3n) is 5.19. The first kappa shape index (κ1) is 22.4. The summed E-state index contributed by atoms with van der Waals surface area (Å²) in [6, 6.07) is 4.37. The van der Waals surface area contributed by atoms with Crippen molar-refractivity contribution in [1.29, 1.82) is 0 Å². The van der Waals surface area contributed by atoms with E-state index in [1.165, 1.54) is 32.4 Å². The van der Waals surface area contributed by atoms with Gasteiger partial charge in [-0.1, -0.05) is 18.2 Å². The molecule has 1 aliphatic heterocycles. The summed E-state index contributed by atoms with van der Waals surface area (Å²) < 4.78 is 0. The molecule has 2 atom stereocenters. The van der Waals surface area contributed by atoms with Crippen molar-refractivity contribution in [3.63, 3.8) is 0 Å². The van der Waals surface area contributed by atoms with E-state index in [0.29, 0.717) is 30.0 Å². The number of hydrogen-bond donors (Lipinski definition) is 1. The molecule has 1 fully saturated rings. The van der Waals surface area contributed by atoms with Gasteiger partial charge in [-0.3, -0.25) is 14.4 Å². The van der Waals surface area contributed by atoms with Crippen LogP contribution in [0, 0.1) is 0 Å². The lowest BCUT2D eigenvalue weighted by molar-refractivity contribution is -0.142. The van der Waals surface area contributed by atoms with Gasteiger partial charge in [0.2, 0.25) is 11.8 Å². The fourth-order valence-electron chi connectivity index (χ4n) is 3.62. The van der Waals surface area contributed by atoms with Crippen LogP contribution in [0.2, 0.25) is 5.15 Å². The van der Waals surface area contributed by atoms with Crippen molar-refractivity contribution in [1.82, 2.24) is 30.1 Å². The summed E-state index contributed by atoms with van der Waals surface area (Å²) in [6.45, 7) is 7.62. The Balaban J connectivity index is 2.04. The molecule has 2 aromatic heterocycles. The summed E-state index contributed by atoms with van der Waals surface area (Å²) in [5.74, 6) is -0.665. The molecule has 1 saturated heterocycles. The van der Waals surface area contributed by atoms with Gasteiger partial charge < -0.3 is 15.1 Å². The van der Waals surface area contributed by atoms with Crippen LogP contribution < -0.4 is 5.32 Å². The number of nitrogens with one attached hydrogen (secondary N) is 1. The standard InChI is InChI=1S/C21H23ClN6O3/c1-5-20(30)27-10-18(28(13(3)29)9-12(27)2)14-6-16(26-19(22)7-14)15-8-17(21(31)23-4)25-11-24-15/h5-8,11-12,18H,1,9-10H2,2-4H3,(H,23,31)/t12-,18-/m0/s1. The van der Waals surface area contributed by atoms with Gasteiger partial charge in [-0.05, 0) is 36.8 Å². The third kappa shape index (κ3) is 4.72. The van der Waals surface area contributed by atoms with Crippen LogP contribution in [0.3, 0.4) is 0 Å². The monoisotopic (exact) mass is 442 g/mol. The molecule has 1 N–H and O–H groups in total. The lowest BCUT2D eigenvalue weighted by atomic mass is 9.99. The number of amides is 3. The fourth-order valence-corrected chi connectivity index (χ4v) is 3.84. The van der Waals surface area contributed by atoms with Gasteiger partial charge in [-0.15, -0.1) is 0 Å². The first-order chi connectivity index (χ1) is 14.7. The maximum atomic E-state index is 12.4. The Kier molecular flexibility index (Phi) is 6.65. The summed E-state index contributed by atoms with van der Waals surface area (Å²) in [4.78, 5) is 52.5. The minimum Gasteiger partial charge on any atom is -0.354 e. The molecule has 0 unspecified atom stereocenters. The lowest BCUT2D eigenvalue weighted by Gasteiger charge is -2.45. The highest BCUT2D eigenvalue weighted by Gasteiger charge is 2.36. The molecule has 0 bridgehead atoms. The molecule has 1 aliphatic rings. The first-order valence-corrected chi connectivity index (χ1v) is 10.0. The van der Waals surface area contributed by atoms with E-state index in [9.17, 15) is 14.4 Å². The second-order valence-electron chi connectivity index (χ2n) is 7.21. The van der Waals surface area contributed by atoms with Gasteiger partial charge in [0.1, 0.15) is 17.2 Å². The van der Waals surface area contributed by atoms with Crippen LogP contribution in [0.25, 0.3) is 11.4 Å². The van der Waals surface area contributed by atoms with Gasteiger partial charge >= 0.3 is 0 Å². The molecule has 9 nitrogen and oxygen atoms in total. The zero-order valence-corrected chi connectivity index (χ0v) is 18.3. The van der Waals surface area contributed by atoms with E-state index in [1.807, 2.05) is 6.92 Å². The van der Waals surface area contributed by atoms with Crippen LogP contribution in [-0.2, 0) is 9.59 Å². The van der Waals surface area contributed by atoms with Crippen molar-refractivity contribution in [2.75, 3.05) is 20.1 Å². The van der Waals surface area contributed by atoms with Crippen LogP contribution in [-0.4, -0.2) is 68.7 Å². The van der Waals surface area contributed by atoms with Crippen LogP contribution in [0.4, 0.5) is 0 Å². The van der Waals surface area contributed by atoms with E-state index in [-0.39, 0.29) is 34.6 Å². The van der Waals surface area contributed by atoms with Gasteiger partial charge in [0, 0.05) is 33.1 Å². The molecule has 0 radical (unpaired) electrons. The predicted molar refractivity (Wildman–Crippen MR) is 115 cm³/mol.